The van der Waals surface area contributed by atoms with Gasteiger partial charge in [0, 0.05) is 36.8 Å². The number of benzene rings is 1. The van der Waals surface area contributed by atoms with E-state index in [1.807, 2.05) is 57.2 Å². The fraction of sp³-hybridized carbons (Fsp3) is 0.435. The Morgan fingerprint density at radius 2 is 2.07 bits per heavy atom. The summed E-state index contributed by atoms with van der Waals surface area (Å²) in [6.45, 7) is 6.84. The predicted octanol–water partition coefficient (Wildman–Crippen LogP) is 4.15. The van der Waals surface area contributed by atoms with Gasteiger partial charge in [0.25, 0.3) is 0 Å². The summed E-state index contributed by atoms with van der Waals surface area (Å²) in [6.07, 6.45) is 7.45. The van der Waals surface area contributed by atoms with Crippen LogP contribution in [0.15, 0.2) is 42.6 Å². The van der Waals surface area contributed by atoms with Gasteiger partial charge in [-0.15, -0.1) is 0 Å². The lowest BCUT2D eigenvalue weighted by Crippen LogP contribution is -2.41. The average molecular weight is 396 g/mol. The lowest BCUT2D eigenvalue weighted by Gasteiger charge is -2.28. The molecule has 2 aromatic rings. The molecule has 29 heavy (non-hydrogen) atoms. The first-order chi connectivity index (χ1) is 13.8. The number of carbonyl (C=O) groups is 2. The van der Waals surface area contributed by atoms with E-state index < -0.39 is 5.60 Å². The van der Waals surface area contributed by atoms with Crippen molar-refractivity contribution in [3.63, 3.8) is 0 Å². The summed E-state index contributed by atoms with van der Waals surface area (Å²) in [5, 5.41) is 3.93. The molecule has 154 valence electrons. The average Bonchev–Trinajstić information content (AvgIpc) is 3.14. The zero-order chi connectivity index (χ0) is 20.9. The molecule has 0 unspecified atom stereocenters. The molecule has 1 aliphatic heterocycles. The standard InChI is InChI=1S/C23H29N3O3/c1-23(2,3)29-22(28)26-16-6-7-18(26)13-15-25-21(27)11-10-17-12-14-24-20-9-5-4-8-19(17)20/h4-5,8-12,14,18H,6-7,13,15-16H2,1-3H3,(H,25,27)/b11-10+/t18-/m1/s1. The number of para-hydroxylation sites is 1. The Hall–Kier alpha value is -2.89. The zero-order valence-electron chi connectivity index (χ0n) is 17.4. The number of ether oxygens (including phenoxy) is 1. The molecule has 1 aromatic heterocycles. The first-order valence-electron chi connectivity index (χ1n) is 10.1. The van der Waals surface area contributed by atoms with Gasteiger partial charge in [-0.25, -0.2) is 4.79 Å². The summed E-state index contributed by atoms with van der Waals surface area (Å²) in [6, 6.07) is 9.84. The van der Waals surface area contributed by atoms with Crippen LogP contribution in [0.1, 0.15) is 45.6 Å². The van der Waals surface area contributed by atoms with E-state index in [1.165, 1.54) is 0 Å². The van der Waals surface area contributed by atoms with Gasteiger partial charge < -0.3 is 15.0 Å². The van der Waals surface area contributed by atoms with Gasteiger partial charge in [-0.05, 0) is 63.8 Å². The van der Waals surface area contributed by atoms with Crippen LogP contribution in [0.4, 0.5) is 4.79 Å². The fourth-order valence-electron chi connectivity index (χ4n) is 3.55. The van der Waals surface area contributed by atoms with Crippen LogP contribution in [0.3, 0.4) is 0 Å². The molecule has 0 radical (unpaired) electrons. The number of hydrogen-bond donors (Lipinski definition) is 1. The molecule has 1 aliphatic rings. The predicted molar refractivity (Wildman–Crippen MR) is 114 cm³/mol. The Morgan fingerprint density at radius 1 is 1.28 bits per heavy atom. The quantitative estimate of drug-likeness (QED) is 0.772. The number of nitrogens with zero attached hydrogens (tertiary/aromatic N) is 2. The van der Waals surface area contributed by atoms with E-state index in [2.05, 4.69) is 10.3 Å². The molecular weight excluding hydrogens is 366 g/mol. The summed E-state index contributed by atoms with van der Waals surface area (Å²) < 4.78 is 5.49. The van der Waals surface area contributed by atoms with Gasteiger partial charge in [-0.2, -0.15) is 0 Å². The molecule has 1 saturated heterocycles. The number of amides is 2. The number of fused-ring (bicyclic) bond motifs is 1. The third-order valence-corrected chi connectivity index (χ3v) is 4.88. The molecule has 0 bridgehead atoms. The van der Waals surface area contributed by atoms with Gasteiger partial charge in [0.15, 0.2) is 0 Å². The van der Waals surface area contributed by atoms with Crippen LogP contribution in [-0.4, -0.2) is 46.6 Å². The largest absolute Gasteiger partial charge is 0.444 e. The second kappa shape index (κ2) is 9.07. The molecule has 1 fully saturated rings. The Morgan fingerprint density at radius 3 is 2.86 bits per heavy atom. The van der Waals surface area contributed by atoms with E-state index in [0.717, 1.165) is 35.7 Å². The third kappa shape index (κ3) is 5.79. The van der Waals surface area contributed by atoms with Crippen molar-refractivity contribution < 1.29 is 14.3 Å². The highest BCUT2D eigenvalue weighted by molar-refractivity contribution is 5.95. The molecule has 1 aromatic carbocycles. The molecule has 6 heteroatoms. The van der Waals surface area contributed by atoms with E-state index >= 15 is 0 Å². The Kier molecular flexibility index (Phi) is 6.52. The zero-order valence-corrected chi connectivity index (χ0v) is 17.4. The first-order valence-corrected chi connectivity index (χ1v) is 10.1. The highest BCUT2D eigenvalue weighted by Crippen LogP contribution is 2.22. The Labute approximate surface area is 171 Å². The van der Waals surface area contributed by atoms with E-state index in [1.54, 1.807) is 17.2 Å². The van der Waals surface area contributed by atoms with Crippen molar-refractivity contribution in [1.29, 1.82) is 0 Å². The van der Waals surface area contributed by atoms with Crippen molar-refractivity contribution in [2.45, 2.75) is 51.7 Å². The number of nitrogens with one attached hydrogen (secondary N) is 1. The molecule has 0 spiro atoms. The Balaban J connectivity index is 1.50. The van der Waals surface area contributed by atoms with Crippen molar-refractivity contribution in [3.8, 4) is 0 Å². The van der Waals surface area contributed by atoms with Gasteiger partial charge in [0.1, 0.15) is 5.60 Å². The van der Waals surface area contributed by atoms with Gasteiger partial charge in [0.2, 0.25) is 5.91 Å². The van der Waals surface area contributed by atoms with Crippen molar-refractivity contribution in [1.82, 2.24) is 15.2 Å². The van der Waals surface area contributed by atoms with Gasteiger partial charge >= 0.3 is 6.09 Å². The monoisotopic (exact) mass is 395 g/mol. The van der Waals surface area contributed by atoms with Crippen LogP contribution in [0.5, 0.6) is 0 Å². The highest BCUT2D eigenvalue weighted by Gasteiger charge is 2.31. The number of aromatic nitrogens is 1. The number of likely N-dealkylation sites (tertiary alicyclic amines) is 1. The van der Waals surface area contributed by atoms with Crippen LogP contribution < -0.4 is 5.32 Å². The smallest absolute Gasteiger partial charge is 0.410 e. The molecule has 1 atom stereocenters. The molecule has 3 rings (SSSR count). The minimum atomic E-state index is -0.500. The van der Waals surface area contributed by atoms with Gasteiger partial charge in [0.05, 0.1) is 5.52 Å². The number of hydrogen-bond acceptors (Lipinski definition) is 4. The summed E-state index contributed by atoms with van der Waals surface area (Å²) in [7, 11) is 0. The normalized spacial score (nSPS) is 17.1. The molecule has 2 amide bonds. The summed E-state index contributed by atoms with van der Waals surface area (Å²) in [4.78, 5) is 30.7. The molecule has 1 N–H and O–H groups in total. The lowest BCUT2D eigenvalue weighted by molar-refractivity contribution is -0.116. The van der Waals surface area contributed by atoms with Crippen LogP contribution in [0, 0.1) is 0 Å². The minimum Gasteiger partial charge on any atom is -0.444 e. The SMILES string of the molecule is CC(C)(C)OC(=O)N1CCC[C@@H]1CCNC(=O)/C=C/c1ccnc2ccccc12. The molecule has 0 saturated carbocycles. The fourth-order valence-corrected chi connectivity index (χ4v) is 3.55. The molecule has 0 aliphatic carbocycles. The summed E-state index contributed by atoms with van der Waals surface area (Å²) in [5.74, 6) is -0.146. The van der Waals surface area contributed by atoms with E-state index in [4.69, 9.17) is 4.74 Å². The summed E-state index contributed by atoms with van der Waals surface area (Å²) >= 11 is 0. The number of pyridine rings is 1. The molecule has 6 nitrogen and oxygen atoms in total. The van der Waals surface area contributed by atoms with Crippen molar-refractivity contribution in [2.24, 2.45) is 0 Å². The van der Waals surface area contributed by atoms with Crippen LogP contribution >= 0.6 is 0 Å². The highest BCUT2D eigenvalue weighted by atomic mass is 16.6. The van der Waals surface area contributed by atoms with E-state index in [0.29, 0.717) is 13.1 Å². The second-order valence-corrected chi connectivity index (χ2v) is 8.30. The molecule has 2 heterocycles. The van der Waals surface area contributed by atoms with Crippen molar-refractivity contribution in [3.05, 3.63) is 48.2 Å². The van der Waals surface area contributed by atoms with Gasteiger partial charge in [-0.1, -0.05) is 18.2 Å². The number of rotatable bonds is 5. The maximum Gasteiger partial charge on any atom is 0.410 e. The molecular formula is C23H29N3O3. The lowest BCUT2D eigenvalue weighted by atomic mass is 10.1. The Bertz CT molecular complexity index is 896. The van der Waals surface area contributed by atoms with Crippen LogP contribution in [0.2, 0.25) is 0 Å². The second-order valence-electron chi connectivity index (χ2n) is 8.30. The minimum absolute atomic E-state index is 0.110. The summed E-state index contributed by atoms with van der Waals surface area (Å²) in [5.41, 5.74) is 1.36. The van der Waals surface area contributed by atoms with Gasteiger partial charge in [-0.3, -0.25) is 9.78 Å². The van der Waals surface area contributed by atoms with Crippen molar-refractivity contribution >= 4 is 29.0 Å². The maximum absolute atomic E-state index is 12.3. The topological polar surface area (TPSA) is 71.5 Å². The van der Waals surface area contributed by atoms with Crippen LogP contribution in [0.25, 0.3) is 17.0 Å². The number of carbonyl (C=O) groups excluding carboxylic acids is 2. The van der Waals surface area contributed by atoms with E-state index in [-0.39, 0.29) is 18.0 Å². The van der Waals surface area contributed by atoms with Crippen molar-refractivity contribution in [2.75, 3.05) is 13.1 Å². The van der Waals surface area contributed by atoms with Crippen LogP contribution in [-0.2, 0) is 9.53 Å². The third-order valence-electron chi connectivity index (χ3n) is 4.88. The maximum atomic E-state index is 12.3. The first kappa shape index (κ1) is 20.8. The van der Waals surface area contributed by atoms with E-state index in [9.17, 15) is 9.59 Å².